The van der Waals surface area contributed by atoms with Crippen LogP contribution in [0.15, 0.2) is 22.9 Å². The number of amides is 1. The number of aliphatic hydroxyl groups excluding tert-OH is 1. The molecular formula is C18H21BrF3NO2. The van der Waals surface area contributed by atoms with Gasteiger partial charge in [0.2, 0.25) is 0 Å². The number of halogens is 4. The summed E-state index contributed by atoms with van der Waals surface area (Å²) in [6.07, 6.45) is -2.81. The topological polar surface area (TPSA) is 49.3 Å². The van der Waals surface area contributed by atoms with Crippen LogP contribution in [0.25, 0.3) is 5.57 Å². The SMILES string of the molecule is Cc1ccc(Br)c(C)c1/C(=C\O)C(=O)NC1CCC(C(F)(F)F)CC1. The first-order chi connectivity index (χ1) is 11.6. The molecule has 1 aliphatic rings. The largest absolute Gasteiger partial charge is 0.515 e. The number of nitrogens with one attached hydrogen (secondary N) is 1. The third-order valence-corrected chi connectivity index (χ3v) is 5.63. The lowest BCUT2D eigenvalue weighted by atomic mass is 9.85. The van der Waals surface area contributed by atoms with Crippen molar-refractivity contribution in [3.05, 3.63) is 39.6 Å². The van der Waals surface area contributed by atoms with Crippen molar-refractivity contribution in [1.29, 1.82) is 0 Å². The molecule has 0 spiro atoms. The van der Waals surface area contributed by atoms with E-state index < -0.39 is 18.0 Å². The van der Waals surface area contributed by atoms with Gasteiger partial charge in [-0.25, -0.2) is 0 Å². The minimum Gasteiger partial charge on any atom is -0.515 e. The van der Waals surface area contributed by atoms with Gasteiger partial charge in [-0.15, -0.1) is 0 Å². The Balaban J connectivity index is 2.09. The molecule has 1 aromatic rings. The highest BCUT2D eigenvalue weighted by molar-refractivity contribution is 9.10. The van der Waals surface area contributed by atoms with E-state index in [1.807, 2.05) is 26.0 Å². The van der Waals surface area contributed by atoms with Crippen LogP contribution >= 0.6 is 15.9 Å². The van der Waals surface area contributed by atoms with E-state index >= 15 is 0 Å². The number of alkyl halides is 3. The maximum Gasteiger partial charge on any atom is 0.391 e. The molecule has 0 aromatic heterocycles. The minimum absolute atomic E-state index is 0.0154. The lowest BCUT2D eigenvalue weighted by Crippen LogP contribution is -2.40. The summed E-state index contributed by atoms with van der Waals surface area (Å²) in [7, 11) is 0. The number of hydrogen-bond acceptors (Lipinski definition) is 2. The van der Waals surface area contributed by atoms with E-state index in [0.717, 1.165) is 21.9 Å². The fourth-order valence-corrected chi connectivity index (χ4v) is 3.63. The average Bonchev–Trinajstić information content (AvgIpc) is 2.54. The quantitative estimate of drug-likeness (QED) is 0.522. The molecule has 0 heterocycles. The Morgan fingerprint density at radius 3 is 2.36 bits per heavy atom. The van der Waals surface area contributed by atoms with Crippen molar-refractivity contribution in [2.24, 2.45) is 5.92 Å². The first-order valence-electron chi connectivity index (χ1n) is 8.13. The summed E-state index contributed by atoms with van der Waals surface area (Å²) >= 11 is 3.40. The van der Waals surface area contributed by atoms with Crippen LogP contribution in [-0.4, -0.2) is 23.2 Å². The van der Waals surface area contributed by atoms with Gasteiger partial charge in [0.1, 0.15) is 0 Å². The molecule has 3 nitrogen and oxygen atoms in total. The van der Waals surface area contributed by atoms with Crippen LogP contribution in [0.5, 0.6) is 0 Å². The summed E-state index contributed by atoms with van der Waals surface area (Å²) in [6.45, 7) is 3.66. The second kappa shape index (κ2) is 7.81. The standard InChI is InChI=1S/C18H21BrF3NO2/c1-10-3-8-15(19)11(2)16(10)14(9-24)17(25)23-13-6-4-12(5-7-13)18(20,21)22/h3,8-9,12-13,24H,4-7H2,1-2H3,(H,23,25)/b14-9+. The number of rotatable bonds is 3. The maximum absolute atomic E-state index is 12.7. The van der Waals surface area contributed by atoms with Gasteiger partial charge in [0.05, 0.1) is 17.8 Å². The molecule has 25 heavy (non-hydrogen) atoms. The Labute approximate surface area is 153 Å². The highest BCUT2D eigenvalue weighted by Gasteiger charge is 2.41. The zero-order valence-electron chi connectivity index (χ0n) is 14.1. The van der Waals surface area contributed by atoms with Gasteiger partial charge < -0.3 is 10.4 Å². The molecule has 2 rings (SSSR count). The number of aryl methyl sites for hydroxylation is 1. The van der Waals surface area contributed by atoms with E-state index in [2.05, 4.69) is 21.2 Å². The van der Waals surface area contributed by atoms with Gasteiger partial charge in [-0.1, -0.05) is 22.0 Å². The van der Waals surface area contributed by atoms with Gasteiger partial charge in [0.25, 0.3) is 5.91 Å². The second-order valence-corrected chi connectivity index (χ2v) is 7.33. The third-order valence-electron chi connectivity index (χ3n) is 4.78. The predicted octanol–water partition coefficient (Wildman–Crippen LogP) is 5.20. The molecule has 0 aliphatic heterocycles. The van der Waals surface area contributed by atoms with Gasteiger partial charge in [0.15, 0.2) is 0 Å². The summed E-state index contributed by atoms with van der Waals surface area (Å²) in [5, 5.41) is 12.3. The Morgan fingerprint density at radius 2 is 1.84 bits per heavy atom. The van der Waals surface area contributed by atoms with Crippen molar-refractivity contribution in [3.63, 3.8) is 0 Å². The maximum atomic E-state index is 12.7. The minimum atomic E-state index is -4.17. The summed E-state index contributed by atoms with van der Waals surface area (Å²) < 4.78 is 39.0. The molecule has 1 saturated carbocycles. The number of carbonyl (C=O) groups excluding carboxylic acids is 1. The zero-order chi connectivity index (χ0) is 18.8. The molecule has 0 bridgehead atoms. The lowest BCUT2D eigenvalue weighted by molar-refractivity contribution is -0.182. The fourth-order valence-electron chi connectivity index (χ4n) is 3.30. The van der Waals surface area contributed by atoms with Gasteiger partial charge in [0, 0.05) is 10.5 Å². The first kappa shape index (κ1) is 19.8. The number of carbonyl (C=O) groups is 1. The molecule has 0 unspecified atom stereocenters. The van der Waals surface area contributed by atoms with E-state index in [-0.39, 0.29) is 37.3 Å². The molecule has 1 amide bonds. The van der Waals surface area contributed by atoms with Crippen LogP contribution < -0.4 is 5.32 Å². The van der Waals surface area contributed by atoms with Crippen LogP contribution in [0.1, 0.15) is 42.4 Å². The Bertz CT molecular complexity index is 678. The molecule has 0 atom stereocenters. The van der Waals surface area contributed by atoms with Gasteiger partial charge in [-0.05, 0) is 62.3 Å². The Hall–Kier alpha value is -1.50. The number of aliphatic hydroxyl groups is 1. The smallest absolute Gasteiger partial charge is 0.391 e. The van der Waals surface area contributed by atoms with Crippen LogP contribution in [0.2, 0.25) is 0 Å². The Kier molecular flexibility index (Phi) is 6.19. The van der Waals surface area contributed by atoms with E-state index in [0.29, 0.717) is 5.56 Å². The number of hydrogen-bond donors (Lipinski definition) is 2. The zero-order valence-corrected chi connectivity index (χ0v) is 15.7. The average molecular weight is 420 g/mol. The van der Waals surface area contributed by atoms with E-state index in [4.69, 9.17) is 0 Å². The van der Waals surface area contributed by atoms with Crippen LogP contribution in [0, 0.1) is 19.8 Å². The van der Waals surface area contributed by atoms with Gasteiger partial charge >= 0.3 is 6.18 Å². The predicted molar refractivity (Wildman–Crippen MR) is 94.2 cm³/mol. The summed E-state index contributed by atoms with van der Waals surface area (Å²) in [5.41, 5.74) is 2.39. The van der Waals surface area contributed by atoms with E-state index in [1.165, 1.54) is 0 Å². The fraction of sp³-hybridized carbons (Fsp3) is 0.500. The van der Waals surface area contributed by atoms with Gasteiger partial charge in [-0.3, -0.25) is 4.79 Å². The summed E-state index contributed by atoms with van der Waals surface area (Å²) in [5.74, 6) is -1.76. The summed E-state index contributed by atoms with van der Waals surface area (Å²) in [6, 6.07) is 3.38. The van der Waals surface area contributed by atoms with Gasteiger partial charge in [-0.2, -0.15) is 13.2 Å². The molecule has 1 fully saturated rings. The molecule has 1 aromatic carbocycles. The lowest BCUT2D eigenvalue weighted by Gasteiger charge is -2.30. The number of benzene rings is 1. The van der Waals surface area contributed by atoms with Crippen LogP contribution in [0.3, 0.4) is 0 Å². The molecule has 138 valence electrons. The van der Waals surface area contributed by atoms with Crippen LogP contribution in [-0.2, 0) is 4.79 Å². The van der Waals surface area contributed by atoms with E-state index in [9.17, 15) is 23.1 Å². The molecule has 2 N–H and O–H groups in total. The first-order valence-corrected chi connectivity index (χ1v) is 8.92. The normalized spacial score (nSPS) is 21.9. The molecule has 7 heteroatoms. The van der Waals surface area contributed by atoms with E-state index in [1.54, 1.807) is 0 Å². The molecule has 0 saturated heterocycles. The highest BCUT2D eigenvalue weighted by atomic mass is 79.9. The van der Waals surface area contributed by atoms with Crippen molar-refractivity contribution in [2.75, 3.05) is 0 Å². The second-order valence-electron chi connectivity index (χ2n) is 6.47. The van der Waals surface area contributed by atoms with Crippen molar-refractivity contribution >= 4 is 27.4 Å². The van der Waals surface area contributed by atoms with Crippen molar-refractivity contribution in [1.82, 2.24) is 5.32 Å². The van der Waals surface area contributed by atoms with Crippen LogP contribution in [0.4, 0.5) is 13.2 Å². The monoisotopic (exact) mass is 419 g/mol. The molecule has 1 aliphatic carbocycles. The molecule has 0 radical (unpaired) electrons. The third kappa shape index (κ3) is 4.57. The summed E-state index contributed by atoms with van der Waals surface area (Å²) in [4.78, 5) is 12.6. The highest BCUT2D eigenvalue weighted by Crippen LogP contribution is 2.37. The van der Waals surface area contributed by atoms with Crippen molar-refractivity contribution < 1.29 is 23.1 Å². The van der Waals surface area contributed by atoms with Crippen molar-refractivity contribution in [2.45, 2.75) is 51.7 Å². The molecular weight excluding hydrogens is 399 g/mol. The van der Waals surface area contributed by atoms with Crippen molar-refractivity contribution in [3.8, 4) is 0 Å². The Morgan fingerprint density at radius 1 is 1.24 bits per heavy atom.